The Hall–Kier alpha value is -1.72. The molecule has 166 valence electrons. The van der Waals surface area contributed by atoms with E-state index in [1.807, 2.05) is 7.11 Å². The van der Waals surface area contributed by atoms with Gasteiger partial charge in [0.05, 0.1) is 43.0 Å². The van der Waals surface area contributed by atoms with E-state index in [2.05, 4.69) is 69.3 Å². The molecule has 2 aliphatic heterocycles. The smallest absolute Gasteiger partial charge is 0.101 e. The van der Waals surface area contributed by atoms with E-state index < -0.39 is 0 Å². The molecular weight excluding hydrogens is 388 g/mol. The standard InChI is InChI=1S/C27H34O4/c1-18(2)9-12-23-26(3,31-23)25-24(28-4)22(13-14-27(25)17-30-27)29-16-19-10-11-20-7-5-6-8-21(20)15-19/h5-11,15,22-25H,12-14,16-17H2,1-4H3. The largest absolute Gasteiger partial charge is 0.378 e. The van der Waals surface area contributed by atoms with Gasteiger partial charge in [0.15, 0.2) is 0 Å². The van der Waals surface area contributed by atoms with Crippen LogP contribution in [0.2, 0.25) is 0 Å². The minimum atomic E-state index is -0.214. The Morgan fingerprint density at radius 2 is 1.94 bits per heavy atom. The molecule has 31 heavy (non-hydrogen) atoms. The van der Waals surface area contributed by atoms with Crippen LogP contribution in [0, 0.1) is 5.92 Å². The molecule has 1 saturated carbocycles. The summed E-state index contributed by atoms with van der Waals surface area (Å²) in [7, 11) is 1.81. The number of benzene rings is 2. The van der Waals surface area contributed by atoms with Crippen molar-refractivity contribution in [3.8, 4) is 0 Å². The van der Waals surface area contributed by atoms with Gasteiger partial charge in [-0.2, -0.15) is 0 Å². The van der Waals surface area contributed by atoms with Crippen molar-refractivity contribution in [2.24, 2.45) is 5.92 Å². The molecule has 1 spiro atoms. The molecule has 3 aliphatic rings. The van der Waals surface area contributed by atoms with Gasteiger partial charge in [0.2, 0.25) is 0 Å². The first-order valence-electron chi connectivity index (χ1n) is 11.5. The quantitative estimate of drug-likeness (QED) is 0.441. The summed E-state index contributed by atoms with van der Waals surface area (Å²) in [5, 5.41) is 2.51. The molecule has 0 amide bonds. The van der Waals surface area contributed by atoms with Crippen molar-refractivity contribution >= 4 is 10.8 Å². The first-order chi connectivity index (χ1) is 14.9. The van der Waals surface area contributed by atoms with Crippen molar-refractivity contribution in [2.45, 2.75) is 76.2 Å². The van der Waals surface area contributed by atoms with Crippen molar-refractivity contribution in [2.75, 3.05) is 13.7 Å². The third-order valence-electron chi connectivity index (χ3n) is 7.52. The molecule has 4 nitrogen and oxygen atoms in total. The summed E-state index contributed by atoms with van der Waals surface area (Å²) < 4.78 is 24.9. The molecule has 1 aliphatic carbocycles. The highest BCUT2D eigenvalue weighted by atomic mass is 16.6. The number of methoxy groups -OCH3 is 1. The van der Waals surface area contributed by atoms with Crippen molar-refractivity contribution in [3.05, 3.63) is 59.7 Å². The fraction of sp³-hybridized carbons (Fsp3) is 0.556. The van der Waals surface area contributed by atoms with Gasteiger partial charge < -0.3 is 18.9 Å². The summed E-state index contributed by atoms with van der Waals surface area (Å²) in [6.45, 7) is 7.92. The first kappa shape index (κ1) is 21.1. The molecule has 0 bridgehead atoms. The zero-order valence-corrected chi connectivity index (χ0v) is 19.1. The van der Waals surface area contributed by atoms with Gasteiger partial charge in [-0.3, -0.25) is 0 Å². The van der Waals surface area contributed by atoms with Gasteiger partial charge in [0.25, 0.3) is 0 Å². The lowest BCUT2D eigenvalue weighted by Gasteiger charge is -2.43. The van der Waals surface area contributed by atoms with Crippen LogP contribution < -0.4 is 0 Å². The highest BCUT2D eigenvalue weighted by molar-refractivity contribution is 5.82. The van der Waals surface area contributed by atoms with E-state index in [-0.39, 0.29) is 35.4 Å². The maximum Gasteiger partial charge on any atom is 0.101 e. The Bertz CT molecular complexity index is 974. The van der Waals surface area contributed by atoms with Crippen LogP contribution in [0.1, 0.15) is 45.6 Å². The number of ether oxygens (including phenoxy) is 4. The van der Waals surface area contributed by atoms with E-state index in [1.54, 1.807) is 0 Å². The molecule has 2 heterocycles. The Morgan fingerprint density at radius 3 is 2.65 bits per heavy atom. The summed E-state index contributed by atoms with van der Waals surface area (Å²) in [5.41, 5.74) is 2.22. The molecule has 2 aromatic rings. The Labute approximate surface area is 185 Å². The zero-order chi connectivity index (χ0) is 21.6. The topological polar surface area (TPSA) is 43.5 Å². The molecule has 6 atom stereocenters. The molecule has 0 aromatic heterocycles. The van der Waals surface area contributed by atoms with Crippen LogP contribution >= 0.6 is 0 Å². The molecule has 2 saturated heterocycles. The van der Waals surface area contributed by atoms with Crippen LogP contribution in [-0.2, 0) is 25.6 Å². The Balaban J connectivity index is 1.31. The van der Waals surface area contributed by atoms with Crippen molar-refractivity contribution in [1.82, 2.24) is 0 Å². The predicted octanol–water partition coefficient (Wildman–Crippen LogP) is 5.43. The van der Waals surface area contributed by atoms with Crippen LogP contribution in [0.15, 0.2) is 54.1 Å². The third-order valence-corrected chi connectivity index (χ3v) is 7.52. The highest BCUT2D eigenvalue weighted by Crippen LogP contribution is 2.59. The van der Waals surface area contributed by atoms with Crippen molar-refractivity contribution in [3.63, 3.8) is 0 Å². The third kappa shape index (κ3) is 3.95. The number of hydrogen-bond acceptors (Lipinski definition) is 4. The lowest BCUT2D eigenvalue weighted by atomic mass is 9.68. The summed E-state index contributed by atoms with van der Waals surface area (Å²) in [6.07, 6.45) is 5.43. The van der Waals surface area contributed by atoms with Gasteiger partial charge in [-0.25, -0.2) is 0 Å². The maximum absolute atomic E-state index is 6.48. The fourth-order valence-electron chi connectivity index (χ4n) is 5.65. The number of fused-ring (bicyclic) bond motifs is 1. The summed E-state index contributed by atoms with van der Waals surface area (Å²) in [5.74, 6) is 0.191. The lowest BCUT2D eigenvalue weighted by Crippen LogP contribution is -2.55. The molecule has 5 rings (SSSR count). The number of rotatable bonds is 7. The van der Waals surface area contributed by atoms with Gasteiger partial charge in [-0.05, 0) is 62.4 Å². The summed E-state index contributed by atoms with van der Waals surface area (Å²) in [6, 6.07) is 15.0. The minimum absolute atomic E-state index is 0.0293. The van der Waals surface area contributed by atoms with Crippen LogP contribution in [0.25, 0.3) is 10.8 Å². The molecule has 4 heteroatoms. The van der Waals surface area contributed by atoms with E-state index in [0.29, 0.717) is 6.61 Å². The van der Waals surface area contributed by atoms with Gasteiger partial charge in [0.1, 0.15) is 5.60 Å². The molecule has 3 fully saturated rings. The Kier molecular flexibility index (Phi) is 5.46. The van der Waals surface area contributed by atoms with Crippen LogP contribution in [0.5, 0.6) is 0 Å². The van der Waals surface area contributed by atoms with Gasteiger partial charge in [0, 0.05) is 7.11 Å². The lowest BCUT2D eigenvalue weighted by molar-refractivity contribution is -0.143. The first-order valence-corrected chi connectivity index (χ1v) is 11.5. The number of hydrogen-bond donors (Lipinski definition) is 0. The van der Waals surface area contributed by atoms with E-state index in [9.17, 15) is 0 Å². The second-order valence-electron chi connectivity index (χ2n) is 9.91. The number of allylic oxidation sites excluding steroid dienone is 1. The van der Waals surface area contributed by atoms with E-state index in [0.717, 1.165) is 25.9 Å². The highest BCUT2D eigenvalue weighted by Gasteiger charge is 2.71. The number of epoxide rings is 2. The average molecular weight is 423 g/mol. The molecular formula is C27H34O4. The summed E-state index contributed by atoms with van der Waals surface area (Å²) >= 11 is 0. The second-order valence-corrected chi connectivity index (χ2v) is 9.91. The van der Waals surface area contributed by atoms with Gasteiger partial charge >= 0.3 is 0 Å². The van der Waals surface area contributed by atoms with Crippen LogP contribution in [-0.4, -0.2) is 43.2 Å². The predicted molar refractivity (Wildman–Crippen MR) is 122 cm³/mol. The minimum Gasteiger partial charge on any atom is -0.378 e. The maximum atomic E-state index is 6.48. The summed E-state index contributed by atoms with van der Waals surface area (Å²) in [4.78, 5) is 0. The van der Waals surface area contributed by atoms with Gasteiger partial charge in [-0.1, -0.05) is 48.0 Å². The molecule has 6 unspecified atom stereocenters. The van der Waals surface area contributed by atoms with Crippen molar-refractivity contribution < 1.29 is 18.9 Å². The van der Waals surface area contributed by atoms with E-state index in [4.69, 9.17) is 18.9 Å². The van der Waals surface area contributed by atoms with Crippen molar-refractivity contribution in [1.29, 1.82) is 0 Å². The fourth-order valence-corrected chi connectivity index (χ4v) is 5.65. The Morgan fingerprint density at radius 1 is 1.16 bits per heavy atom. The zero-order valence-electron chi connectivity index (χ0n) is 19.1. The van der Waals surface area contributed by atoms with Crippen LogP contribution in [0.4, 0.5) is 0 Å². The van der Waals surface area contributed by atoms with E-state index in [1.165, 1.54) is 21.9 Å². The van der Waals surface area contributed by atoms with E-state index >= 15 is 0 Å². The SMILES string of the molecule is COC1C(OCc2ccc3ccccc3c2)CCC2(CO2)C1C1(C)OC1CC=C(C)C. The van der Waals surface area contributed by atoms with Gasteiger partial charge in [-0.15, -0.1) is 0 Å². The molecule has 0 radical (unpaired) electrons. The second kappa shape index (κ2) is 8.00. The average Bonchev–Trinajstić information content (AvgIpc) is 3.68. The van der Waals surface area contributed by atoms with Crippen LogP contribution in [0.3, 0.4) is 0 Å². The molecule has 0 N–H and O–H groups in total. The normalized spacial score (nSPS) is 36.5. The molecule has 2 aromatic carbocycles. The monoisotopic (exact) mass is 422 g/mol.